The molecule has 0 amide bonds. The van der Waals surface area contributed by atoms with Gasteiger partial charge in [-0.15, -0.1) is 0 Å². The van der Waals surface area contributed by atoms with Crippen molar-refractivity contribution in [2.75, 3.05) is 56.4 Å². The second-order valence-corrected chi connectivity index (χ2v) is 8.93. The van der Waals surface area contributed by atoms with Crippen molar-refractivity contribution in [1.29, 1.82) is 0 Å². The minimum atomic E-state index is -0.771. The molecule has 1 fully saturated rings. The predicted octanol–water partition coefficient (Wildman–Crippen LogP) is 2.92. The molecule has 1 aliphatic heterocycles. The van der Waals surface area contributed by atoms with Crippen molar-refractivity contribution in [2.24, 2.45) is 5.73 Å². The molecule has 1 unspecified atom stereocenters. The largest absolute Gasteiger partial charge is 0.480 e. The maximum Gasteiger partial charge on any atom is 0.317 e. The third kappa shape index (κ3) is 8.12. The molecule has 5 N–H and O–H groups in total. The fourth-order valence-corrected chi connectivity index (χ4v) is 4.28. The third-order valence-electron chi connectivity index (χ3n) is 6.36. The van der Waals surface area contributed by atoms with Crippen LogP contribution >= 0.6 is 13.5 Å². The van der Waals surface area contributed by atoms with E-state index in [0.29, 0.717) is 12.5 Å². The van der Waals surface area contributed by atoms with Gasteiger partial charge in [0.2, 0.25) is 5.95 Å². The number of pyridine rings is 1. The summed E-state index contributed by atoms with van der Waals surface area (Å²) >= 11 is 0. The number of carboxylic acid groups (broad SMARTS) is 1. The van der Waals surface area contributed by atoms with E-state index >= 15 is 0 Å². The maximum atomic E-state index is 11.0. The van der Waals surface area contributed by atoms with Crippen LogP contribution in [0.1, 0.15) is 24.9 Å². The Morgan fingerprint density at radius 1 is 1.08 bits per heavy atom. The molecule has 0 aliphatic carbocycles. The molecule has 1 saturated heterocycles. The van der Waals surface area contributed by atoms with Gasteiger partial charge in [0.25, 0.3) is 0 Å². The predicted molar refractivity (Wildman–Crippen MR) is 152 cm³/mol. The Labute approximate surface area is 224 Å². The summed E-state index contributed by atoms with van der Waals surface area (Å²) in [7, 11) is 0. The summed E-state index contributed by atoms with van der Waals surface area (Å²) in [5.41, 5.74) is 9.58. The molecule has 1 atom stereocenters. The number of hydrogen-bond acceptors (Lipinski definition) is 9. The average Bonchev–Trinajstić information content (AvgIpc) is 2.89. The first kappa shape index (κ1) is 28.3. The van der Waals surface area contributed by atoms with Crippen LogP contribution in [0.2, 0.25) is 0 Å². The lowest BCUT2D eigenvalue weighted by molar-refractivity contribution is -0.138. The highest BCUT2D eigenvalue weighted by atomic mass is 32.1. The van der Waals surface area contributed by atoms with Gasteiger partial charge in [0.05, 0.1) is 6.54 Å². The zero-order valence-electron chi connectivity index (χ0n) is 21.1. The lowest BCUT2D eigenvalue weighted by Crippen LogP contribution is -2.48. The molecule has 1 aliphatic rings. The SMILES string of the molecule is CC(c1cccc(Nc2cc(-c3cnc(NCCCN)nc3)ccn2)c1)N1CCN(CC(=O)O)CC1.S. The quantitative estimate of drug-likeness (QED) is 0.278. The minimum absolute atomic E-state index is 0. The Balaban J connectivity index is 0.00000380. The number of aromatic nitrogens is 3. The third-order valence-corrected chi connectivity index (χ3v) is 6.36. The van der Waals surface area contributed by atoms with E-state index in [1.54, 1.807) is 18.6 Å². The zero-order valence-corrected chi connectivity index (χ0v) is 22.1. The van der Waals surface area contributed by atoms with Crippen LogP contribution in [0.25, 0.3) is 11.1 Å². The second-order valence-electron chi connectivity index (χ2n) is 8.93. The molecule has 0 spiro atoms. The van der Waals surface area contributed by atoms with Gasteiger partial charge in [0, 0.05) is 68.6 Å². The highest BCUT2D eigenvalue weighted by Crippen LogP contribution is 2.27. The summed E-state index contributed by atoms with van der Waals surface area (Å²) in [5.74, 6) is 0.561. The minimum Gasteiger partial charge on any atom is -0.480 e. The summed E-state index contributed by atoms with van der Waals surface area (Å²) in [4.78, 5) is 28.6. The van der Waals surface area contributed by atoms with Crippen molar-refractivity contribution in [3.05, 3.63) is 60.6 Å². The first-order valence-corrected chi connectivity index (χ1v) is 12.3. The molecule has 11 heteroatoms. The molecule has 3 aromatic rings. The monoisotopic (exact) mass is 524 g/mol. The number of nitrogens with two attached hydrogens (primary N) is 1. The highest BCUT2D eigenvalue weighted by molar-refractivity contribution is 7.59. The summed E-state index contributed by atoms with van der Waals surface area (Å²) in [6.45, 7) is 6.90. The molecular weight excluding hydrogens is 488 g/mol. The van der Waals surface area contributed by atoms with E-state index in [4.69, 9.17) is 10.8 Å². The van der Waals surface area contributed by atoms with E-state index in [-0.39, 0.29) is 26.1 Å². The van der Waals surface area contributed by atoms with Gasteiger partial charge in [-0.1, -0.05) is 12.1 Å². The second kappa shape index (κ2) is 13.9. The van der Waals surface area contributed by atoms with Gasteiger partial charge in [0.15, 0.2) is 0 Å². The van der Waals surface area contributed by atoms with Crippen LogP contribution in [0.5, 0.6) is 0 Å². The Bertz CT molecular complexity index is 1140. The lowest BCUT2D eigenvalue weighted by Gasteiger charge is -2.37. The van der Waals surface area contributed by atoms with Gasteiger partial charge in [0.1, 0.15) is 5.82 Å². The van der Waals surface area contributed by atoms with Crippen LogP contribution in [0.4, 0.5) is 17.5 Å². The Hall–Kier alpha value is -3.25. The van der Waals surface area contributed by atoms with Gasteiger partial charge in [-0.25, -0.2) is 15.0 Å². The highest BCUT2D eigenvalue weighted by Gasteiger charge is 2.23. The van der Waals surface area contributed by atoms with Gasteiger partial charge < -0.3 is 21.5 Å². The molecule has 3 heterocycles. The fraction of sp³-hybridized carbons (Fsp3) is 0.385. The average molecular weight is 525 g/mol. The number of carbonyl (C=O) groups is 1. The zero-order chi connectivity index (χ0) is 25.3. The van der Waals surface area contributed by atoms with Crippen molar-refractivity contribution in [3.8, 4) is 11.1 Å². The number of anilines is 3. The number of aliphatic carboxylic acids is 1. The number of nitrogens with zero attached hydrogens (tertiary/aromatic N) is 5. The molecule has 0 bridgehead atoms. The number of rotatable bonds is 11. The number of piperazine rings is 1. The molecule has 0 saturated carbocycles. The molecule has 0 radical (unpaired) electrons. The molecule has 4 rings (SSSR count). The molecular formula is C26H36N8O2S. The van der Waals surface area contributed by atoms with Gasteiger partial charge in [-0.2, -0.15) is 13.5 Å². The van der Waals surface area contributed by atoms with E-state index in [0.717, 1.165) is 61.8 Å². The molecule has 10 nitrogen and oxygen atoms in total. The van der Waals surface area contributed by atoms with Crippen molar-refractivity contribution in [1.82, 2.24) is 24.8 Å². The lowest BCUT2D eigenvalue weighted by atomic mass is 10.0. The van der Waals surface area contributed by atoms with Gasteiger partial charge in [-0.05, 0) is 55.3 Å². The number of nitrogens with one attached hydrogen (secondary N) is 2. The van der Waals surface area contributed by atoms with E-state index in [1.165, 1.54) is 5.56 Å². The first-order chi connectivity index (χ1) is 17.5. The molecule has 2 aromatic heterocycles. The summed E-state index contributed by atoms with van der Waals surface area (Å²) in [5, 5.41) is 15.6. The number of carboxylic acids is 1. The molecule has 1 aromatic carbocycles. The van der Waals surface area contributed by atoms with Crippen LogP contribution in [0.3, 0.4) is 0 Å². The summed E-state index contributed by atoms with van der Waals surface area (Å²) in [6.07, 6.45) is 6.24. The van der Waals surface area contributed by atoms with Crippen LogP contribution < -0.4 is 16.4 Å². The van der Waals surface area contributed by atoms with Crippen LogP contribution in [-0.4, -0.2) is 81.6 Å². The van der Waals surface area contributed by atoms with Crippen molar-refractivity contribution >= 4 is 36.9 Å². The Kier molecular flexibility index (Phi) is 10.6. The van der Waals surface area contributed by atoms with E-state index in [2.05, 4.69) is 49.5 Å². The van der Waals surface area contributed by atoms with E-state index in [1.807, 2.05) is 29.2 Å². The van der Waals surface area contributed by atoms with Crippen molar-refractivity contribution in [2.45, 2.75) is 19.4 Å². The van der Waals surface area contributed by atoms with Crippen molar-refractivity contribution < 1.29 is 9.90 Å². The van der Waals surface area contributed by atoms with Gasteiger partial charge >= 0.3 is 5.97 Å². The van der Waals surface area contributed by atoms with Crippen molar-refractivity contribution in [3.63, 3.8) is 0 Å². The van der Waals surface area contributed by atoms with E-state index < -0.39 is 5.97 Å². The van der Waals surface area contributed by atoms with Gasteiger partial charge in [-0.3, -0.25) is 14.6 Å². The fourth-order valence-electron chi connectivity index (χ4n) is 4.28. The first-order valence-electron chi connectivity index (χ1n) is 12.3. The normalized spacial score (nSPS) is 15.0. The smallest absolute Gasteiger partial charge is 0.317 e. The van der Waals surface area contributed by atoms with Crippen LogP contribution in [0.15, 0.2) is 55.0 Å². The Morgan fingerprint density at radius 2 is 1.84 bits per heavy atom. The number of hydrogen-bond donors (Lipinski definition) is 4. The summed E-state index contributed by atoms with van der Waals surface area (Å²) < 4.78 is 0. The summed E-state index contributed by atoms with van der Waals surface area (Å²) in [6, 6.07) is 12.5. The molecule has 198 valence electrons. The Morgan fingerprint density at radius 3 is 2.54 bits per heavy atom. The number of benzene rings is 1. The maximum absolute atomic E-state index is 11.0. The molecule has 37 heavy (non-hydrogen) atoms. The van der Waals surface area contributed by atoms with Crippen LogP contribution in [-0.2, 0) is 4.79 Å². The van der Waals surface area contributed by atoms with Crippen LogP contribution in [0, 0.1) is 0 Å². The van der Waals surface area contributed by atoms with E-state index in [9.17, 15) is 4.79 Å². The topological polar surface area (TPSA) is 133 Å². The standard InChI is InChI=1S/C26H34N8O2.H2S/c1-19(34-12-10-33(11-13-34)18-25(35)36)20-4-2-5-23(14-20)32-24-15-21(6-9-28-24)22-16-30-26(31-17-22)29-8-3-7-27;/h2,4-6,9,14-17,19H,3,7-8,10-13,18,27H2,1H3,(H,28,32)(H,35,36)(H,29,30,31);1H2.